The van der Waals surface area contributed by atoms with Gasteiger partial charge in [-0.1, -0.05) is 66.9 Å². The fourth-order valence-electron chi connectivity index (χ4n) is 7.36. The van der Waals surface area contributed by atoms with Crippen LogP contribution >= 0.6 is 23.2 Å². The Labute approximate surface area is 274 Å². The average molecular weight is 667 g/mol. The van der Waals surface area contributed by atoms with Crippen molar-refractivity contribution in [2.75, 3.05) is 33.4 Å². The lowest BCUT2D eigenvalue weighted by Gasteiger charge is -2.44. The van der Waals surface area contributed by atoms with E-state index in [-0.39, 0.29) is 38.6 Å². The van der Waals surface area contributed by atoms with Crippen LogP contribution in [0.3, 0.4) is 0 Å². The number of likely N-dealkylation sites (N-methyl/N-ethyl adjacent to an activating group) is 1. The fraction of sp³-hybridized carbons (Fsp3) is 0.559. The van der Waals surface area contributed by atoms with Crippen molar-refractivity contribution in [3.63, 3.8) is 0 Å². The van der Waals surface area contributed by atoms with E-state index in [4.69, 9.17) is 37.4 Å². The Morgan fingerprint density at radius 1 is 1.18 bits per heavy atom. The molecule has 2 aromatic rings. The first-order valence-electron chi connectivity index (χ1n) is 15.5. The highest BCUT2D eigenvalue weighted by atomic mass is 35.5. The van der Waals surface area contributed by atoms with E-state index in [0.717, 1.165) is 6.42 Å². The molecule has 11 heteroatoms. The van der Waals surface area contributed by atoms with Crippen LogP contribution in [-0.4, -0.2) is 63.3 Å². The zero-order valence-electron chi connectivity index (χ0n) is 26.4. The number of nitrogens with one attached hydrogen (secondary N) is 3. The van der Waals surface area contributed by atoms with Gasteiger partial charge in [-0.3, -0.25) is 4.79 Å². The Morgan fingerprint density at radius 2 is 1.96 bits per heavy atom. The first-order valence-corrected chi connectivity index (χ1v) is 16.3. The molecule has 2 aromatic carbocycles. The maximum Gasteiger partial charge on any atom is 0.237 e. The highest BCUT2D eigenvalue weighted by molar-refractivity contribution is 6.31. The molecule has 2 saturated heterocycles. The summed E-state index contributed by atoms with van der Waals surface area (Å²) in [4.78, 5) is 14.1. The van der Waals surface area contributed by atoms with Crippen molar-refractivity contribution in [3.05, 3.63) is 80.9 Å². The standard InChI is InChI=1S/C34H43Cl2F2N3O4/c1-32(2,20-12-15-43-16-13-20)18-27-34(39-5,24-10-9-21(35)17-26(24)37)28(23-7-6-8-25(36)29(23)38)30(41-27)31(42)40-14-11-22-19-44-33(3,4)45-22/h6-10,12,17,22,27-28,30,39,41H,11,13-16,18-19H2,1-5H3,(H,40,42)/t22-,27-,28-,30+,34?/m0/s1. The third-order valence-corrected chi connectivity index (χ3v) is 10.1. The molecule has 45 heavy (non-hydrogen) atoms. The SMILES string of the molecule is CNC1(c2ccc(Cl)cc2F)[C@H](CC(C)(C)C2=CCOCC2)N[C@@H](C(=O)NCC[C@H]2COC(C)(C)O2)[C@@H]1c1cccc(Cl)c1F. The zero-order chi connectivity index (χ0) is 32.6. The van der Waals surface area contributed by atoms with Crippen LogP contribution in [0.2, 0.25) is 10.0 Å². The van der Waals surface area contributed by atoms with Crippen LogP contribution in [0.5, 0.6) is 0 Å². The summed E-state index contributed by atoms with van der Waals surface area (Å²) < 4.78 is 49.3. The molecule has 1 unspecified atom stereocenters. The zero-order valence-corrected chi connectivity index (χ0v) is 28.0. The summed E-state index contributed by atoms with van der Waals surface area (Å²) in [5, 5.41) is 10.2. The summed E-state index contributed by atoms with van der Waals surface area (Å²) in [6.07, 6.45) is 3.73. The molecule has 0 saturated carbocycles. The van der Waals surface area contributed by atoms with Crippen LogP contribution < -0.4 is 16.0 Å². The first-order chi connectivity index (χ1) is 21.3. The van der Waals surface area contributed by atoms with E-state index in [2.05, 4.69) is 35.9 Å². The number of carbonyl (C=O) groups excluding carboxylic acids is 1. The molecule has 3 heterocycles. The van der Waals surface area contributed by atoms with E-state index in [1.54, 1.807) is 31.3 Å². The molecule has 3 N–H and O–H groups in total. The topological polar surface area (TPSA) is 80.9 Å². The predicted molar refractivity (Wildman–Crippen MR) is 171 cm³/mol. The van der Waals surface area contributed by atoms with Crippen molar-refractivity contribution >= 4 is 29.1 Å². The minimum Gasteiger partial charge on any atom is -0.377 e. The second-order valence-corrected chi connectivity index (χ2v) is 14.1. The van der Waals surface area contributed by atoms with E-state index in [1.165, 1.54) is 17.7 Å². The highest BCUT2D eigenvalue weighted by Crippen LogP contribution is 2.52. The van der Waals surface area contributed by atoms with Gasteiger partial charge >= 0.3 is 0 Å². The van der Waals surface area contributed by atoms with Crippen molar-refractivity contribution in [2.24, 2.45) is 5.41 Å². The minimum absolute atomic E-state index is 0.0784. The molecule has 3 aliphatic rings. The maximum atomic E-state index is 16.1. The number of carbonyl (C=O) groups is 1. The van der Waals surface area contributed by atoms with Crippen molar-refractivity contribution in [2.45, 2.75) is 82.4 Å². The molecule has 0 spiro atoms. The number of benzene rings is 2. The van der Waals surface area contributed by atoms with Crippen molar-refractivity contribution < 1.29 is 27.8 Å². The molecule has 1 amide bonds. The Morgan fingerprint density at radius 3 is 2.60 bits per heavy atom. The average Bonchev–Trinajstić information content (AvgIpc) is 3.51. The molecular formula is C34H43Cl2F2N3O4. The molecule has 7 nitrogen and oxygen atoms in total. The highest BCUT2D eigenvalue weighted by Gasteiger charge is 2.60. The van der Waals surface area contributed by atoms with Gasteiger partial charge in [-0.2, -0.15) is 0 Å². The van der Waals surface area contributed by atoms with Gasteiger partial charge in [0.15, 0.2) is 5.79 Å². The summed E-state index contributed by atoms with van der Waals surface area (Å²) in [7, 11) is 1.72. The second kappa shape index (κ2) is 13.6. The van der Waals surface area contributed by atoms with Crippen molar-refractivity contribution in [3.8, 4) is 0 Å². The molecule has 0 radical (unpaired) electrons. The lowest BCUT2D eigenvalue weighted by Crippen LogP contribution is -2.54. The number of hydrogen-bond donors (Lipinski definition) is 3. The van der Waals surface area contributed by atoms with Gasteiger partial charge in [-0.15, -0.1) is 0 Å². The van der Waals surface area contributed by atoms with Crippen LogP contribution in [0.25, 0.3) is 0 Å². The van der Waals surface area contributed by atoms with Gasteiger partial charge in [-0.25, -0.2) is 8.78 Å². The first kappa shape index (κ1) is 34.2. The van der Waals surface area contributed by atoms with E-state index >= 15 is 8.78 Å². The third kappa shape index (κ3) is 6.96. The number of hydrogen-bond acceptors (Lipinski definition) is 6. The number of halogens is 4. The van der Waals surface area contributed by atoms with Gasteiger partial charge in [-0.05, 0) is 69.3 Å². The van der Waals surface area contributed by atoms with Crippen LogP contribution in [0.4, 0.5) is 8.78 Å². The Kier molecular flexibility index (Phi) is 10.3. The van der Waals surface area contributed by atoms with Gasteiger partial charge < -0.3 is 30.2 Å². The van der Waals surface area contributed by atoms with Crippen LogP contribution in [0, 0.1) is 17.0 Å². The van der Waals surface area contributed by atoms with Gasteiger partial charge in [0.25, 0.3) is 0 Å². The fourth-order valence-corrected chi connectivity index (χ4v) is 7.70. The van der Waals surface area contributed by atoms with Crippen LogP contribution in [0.1, 0.15) is 64.0 Å². The molecule has 0 aliphatic carbocycles. The predicted octanol–water partition coefficient (Wildman–Crippen LogP) is 6.23. The maximum absolute atomic E-state index is 16.1. The van der Waals surface area contributed by atoms with Crippen LogP contribution in [-0.2, 0) is 24.5 Å². The van der Waals surface area contributed by atoms with E-state index in [0.29, 0.717) is 39.2 Å². The summed E-state index contributed by atoms with van der Waals surface area (Å²) in [6.45, 7) is 9.86. The Balaban J connectivity index is 1.58. The lowest BCUT2D eigenvalue weighted by molar-refractivity contribution is -0.138. The molecule has 246 valence electrons. The minimum atomic E-state index is -1.28. The van der Waals surface area contributed by atoms with Crippen molar-refractivity contribution in [1.82, 2.24) is 16.0 Å². The molecule has 2 fully saturated rings. The molecule has 3 aliphatic heterocycles. The number of amides is 1. The van der Waals surface area contributed by atoms with E-state index in [1.807, 2.05) is 13.8 Å². The molecule has 5 atom stereocenters. The van der Waals surface area contributed by atoms with Gasteiger partial charge in [0.2, 0.25) is 5.91 Å². The summed E-state index contributed by atoms with van der Waals surface area (Å²) in [5.74, 6) is -3.11. The smallest absolute Gasteiger partial charge is 0.237 e. The second-order valence-electron chi connectivity index (χ2n) is 13.2. The normalized spacial score (nSPS) is 28.2. The molecule has 5 rings (SSSR count). The summed E-state index contributed by atoms with van der Waals surface area (Å²) in [5.41, 5.74) is 0.0671. The Hall–Kier alpha value is -2.11. The van der Waals surface area contributed by atoms with Gasteiger partial charge in [0.1, 0.15) is 11.6 Å². The van der Waals surface area contributed by atoms with Crippen molar-refractivity contribution in [1.29, 1.82) is 0 Å². The molecule has 0 bridgehead atoms. The van der Waals surface area contributed by atoms with E-state index < -0.39 is 41.0 Å². The number of ether oxygens (including phenoxy) is 3. The Bertz CT molecular complexity index is 1440. The largest absolute Gasteiger partial charge is 0.377 e. The monoisotopic (exact) mass is 665 g/mol. The van der Waals surface area contributed by atoms with Gasteiger partial charge in [0.05, 0.1) is 42.5 Å². The molecule has 0 aromatic heterocycles. The number of rotatable bonds is 10. The molecular weight excluding hydrogens is 623 g/mol. The van der Waals surface area contributed by atoms with Gasteiger partial charge in [0, 0.05) is 29.1 Å². The van der Waals surface area contributed by atoms with Crippen LogP contribution in [0.15, 0.2) is 48.0 Å². The third-order valence-electron chi connectivity index (χ3n) is 9.52. The quantitative estimate of drug-likeness (QED) is 0.261. The summed E-state index contributed by atoms with van der Waals surface area (Å²) >= 11 is 12.5. The lowest BCUT2D eigenvalue weighted by atomic mass is 9.66. The van der Waals surface area contributed by atoms with E-state index in [9.17, 15) is 4.79 Å². The summed E-state index contributed by atoms with van der Waals surface area (Å²) in [6, 6.07) is 7.76.